The van der Waals surface area contributed by atoms with Gasteiger partial charge in [0.2, 0.25) is 0 Å². The van der Waals surface area contributed by atoms with Crippen molar-refractivity contribution in [3.8, 4) is 78.1 Å². The highest BCUT2D eigenvalue weighted by Gasteiger charge is 2.17. The van der Waals surface area contributed by atoms with Gasteiger partial charge in [-0.05, 0) is 135 Å². The highest BCUT2D eigenvalue weighted by atomic mass is 14.7. The third-order valence-corrected chi connectivity index (χ3v) is 15.2. The Bertz CT molecular complexity index is 4120. The largest absolute Gasteiger partial charge is 0.304 e. The zero-order valence-electron chi connectivity index (χ0n) is 48.8. The molecule has 0 amide bonds. The fourth-order valence-corrected chi connectivity index (χ4v) is 10.7. The van der Waals surface area contributed by atoms with Gasteiger partial charge in [-0.3, -0.25) is 9.98 Å². The minimum atomic E-state index is 0.334. The van der Waals surface area contributed by atoms with E-state index in [2.05, 4.69) is 322 Å². The first-order chi connectivity index (χ1) is 41.9. The number of pyridine rings is 1. The molecule has 0 aliphatic heterocycles. The maximum Gasteiger partial charge on any atom is 0.0732 e. The van der Waals surface area contributed by atoms with Crippen molar-refractivity contribution < 1.29 is 0 Å². The van der Waals surface area contributed by atoms with Crippen LogP contribution in [0.1, 0.15) is 48.1 Å². The van der Waals surface area contributed by atoms with Gasteiger partial charge in [-0.2, -0.15) is 0 Å². The van der Waals surface area contributed by atoms with Crippen molar-refractivity contribution in [1.29, 1.82) is 0 Å². The number of allylic oxidation sites excluding steroid dienone is 5. The fraction of sp³-hybridized carbons (Fsp3) is 0.0864. The number of hydrogen-bond acceptors (Lipinski definition) is 4. The molecule has 1 unspecified atom stereocenters. The Kier molecular flexibility index (Phi) is 19.7. The topological polar surface area (TPSA) is 50.0 Å². The molecule has 11 aromatic rings. The Labute approximate surface area is 503 Å². The average Bonchev–Trinajstić information content (AvgIpc) is 3.73. The number of aryl methyl sites for hydroxylation is 1. The molecule has 85 heavy (non-hydrogen) atoms. The summed E-state index contributed by atoms with van der Waals surface area (Å²) in [5, 5.41) is 0. The molecule has 0 saturated heterocycles. The van der Waals surface area contributed by atoms with Crippen molar-refractivity contribution in [2.45, 2.75) is 33.2 Å². The number of nitrogens with zero attached hydrogens (tertiary/aromatic N) is 4. The van der Waals surface area contributed by atoms with Gasteiger partial charge in [-0.15, -0.1) is 0 Å². The van der Waals surface area contributed by atoms with Crippen molar-refractivity contribution in [3.05, 3.63) is 337 Å². The molecule has 0 radical (unpaired) electrons. The summed E-state index contributed by atoms with van der Waals surface area (Å²) < 4.78 is 0. The van der Waals surface area contributed by atoms with Gasteiger partial charge >= 0.3 is 0 Å². The van der Waals surface area contributed by atoms with E-state index in [4.69, 9.17) is 9.98 Å². The molecule has 4 nitrogen and oxygen atoms in total. The van der Waals surface area contributed by atoms with Gasteiger partial charge in [-0.25, -0.2) is 4.98 Å². The maximum absolute atomic E-state index is 5.33. The van der Waals surface area contributed by atoms with Crippen molar-refractivity contribution in [1.82, 2.24) is 4.98 Å². The van der Waals surface area contributed by atoms with Crippen LogP contribution in [0.5, 0.6) is 0 Å². The van der Waals surface area contributed by atoms with E-state index < -0.39 is 0 Å². The van der Waals surface area contributed by atoms with Crippen LogP contribution in [0.4, 0.5) is 0 Å². The van der Waals surface area contributed by atoms with E-state index in [1.807, 2.05) is 18.2 Å². The minimum absolute atomic E-state index is 0.334. The molecular formula is C81H70N4. The van der Waals surface area contributed by atoms with Crippen LogP contribution in [0.15, 0.2) is 324 Å². The molecule has 0 N–H and O–H groups in total. The molecule has 0 fully saturated rings. The Hall–Kier alpha value is -10.4. The molecule has 0 saturated carbocycles. The SMILES string of the molecule is C=N/C(=C1/C=CC=CC1CC)c1ccc(-c2cccc(-c3cccc(-c4cc(-c5ccccc5)nc(-c5cccc(-c6cccc(-c7ccc(C(=NCc8ccccc8)c8ccccc8)cc7)c6)c5)c4)c3)c2)cc1.C=NC.CCc1ccccc1. The molecule has 12 rings (SSSR count). The van der Waals surface area contributed by atoms with Gasteiger partial charge in [0.1, 0.15) is 0 Å². The van der Waals surface area contributed by atoms with E-state index in [9.17, 15) is 0 Å². The van der Waals surface area contributed by atoms with Crippen LogP contribution in [0.25, 0.3) is 83.8 Å². The molecule has 0 spiro atoms. The Morgan fingerprint density at radius 3 is 1.27 bits per heavy atom. The standard InChI is InChI=1S/C71H55N3.C8H10.C2H5N/c1-3-51-21-13-14-34-67(51)71(72-2)57-41-37-53(38-42-57)58-26-15-28-60(43-58)62-30-17-32-64(45-62)66-47-68(54-22-9-5-10-23-54)74-69(48-66)65-33-18-31-63(46-65)61-29-16-27-59(44-61)52-35-39-56(40-36-52)70(55-24-11-6-12-25-55)73-49-50-19-7-4-8-20-50;1-2-8-6-4-3-5-7-8;1-3-2/h4-48,51H,2-3,49H2,1H3;3-7H,2H2,1H3;1H2,2H3/b71-67-,73-70?;;. The zero-order chi connectivity index (χ0) is 58.6. The summed E-state index contributed by atoms with van der Waals surface area (Å²) in [6.45, 7) is 12.1. The Morgan fingerprint density at radius 2 is 0.788 bits per heavy atom. The van der Waals surface area contributed by atoms with Crippen molar-refractivity contribution >= 4 is 24.8 Å². The van der Waals surface area contributed by atoms with Crippen LogP contribution in [-0.4, -0.2) is 31.2 Å². The molecule has 1 aromatic heterocycles. The second-order valence-corrected chi connectivity index (χ2v) is 20.9. The maximum atomic E-state index is 5.33. The van der Waals surface area contributed by atoms with Crippen LogP contribution < -0.4 is 0 Å². The summed E-state index contributed by atoms with van der Waals surface area (Å²) in [4.78, 5) is 18.2. The van der Waals surface area contributed by atoms with Gasteiger partial charge in [0.15, 0.2) is 0 Å². The molecule has 1 aliphatic carbocycles. The first-order valence-corrected chi connectivity index (χ1v) is 29.2. The smallest absolute Gasteiger partial charge is 0.0732 e. The number of aliphatic imine (C=N–C) groups is 3. The normalized spacial score (nSPS) is 13.1. The fourth-order valence-electron chi connectivity index (χ4n) is 10.7. The quantitative estimate of drug-likeness (QED) is 0.0944. The average molecular weight is 1100 g/mol. The third kappa shape index (κ3) is 14.8. The van der Waals surface area contributed by atoms with Gasteiger partial charge in [0, 0.05) is 40.8 Å². The third-order valence-electron chi connectivity index (χ3n) is 15.2. The van der Waals surface area contributed by atoms with Crippen LogP contribution in [0.2, 0.25) is 0 Å². The van der Waals surface area contributed by atoms with Crippen molar-refractivity contribution in [3.63, 3.8) is 0 Å². The summed E-state index contributed by atoms with van der Waals surface area (Å²) >= 11 is 0. The molecule has 414 valence electrons. The van der Waals surface area contributed by atoms with E-state index in [-0.39, 0.29) is 0 Å². The Balaban J connectivity index is 0.000000664. The lowest BCUT2D eigenvalue weighted by molar-refractivity contribution is 0.740. The van der Waals surface area contributed by atoms with Crippen LogP contribution in [0, 0.1) is 5.92 Å². The molecule has 10 aromatic carbocycles. The van der Waals surface area contributed by atoms with Crippen molar-refractivity contribution in [2.24, 2.45) is 20.9 Å². The summed E-state index contributed by atoms with van der Waals surface area (Å²) in [7, 11) is 1.64. The van der Waals surface area contributed by atoms with E-state index in [0.717, 1.165) is 119 Å². The van der Waals surface area contributed by atoms with Gasteiger partial charge < -0.3 is 4.99 Å². The summed E-state index contributed by atoms with van der Waals surface area (Å²) in [6.07, 6.45) is 10.8. The zero-order valence-corrected chi connectivity index (χ0v) is 48.8. The second-order valence-electron chi connectivity index (χ2n) is 20.9. The number of hydrogen-bond donors (Lipinski definition) is 0. The molecule has 1 aliphatic rings. The van der Waals surface area contributed by atoms with E-state index in [1.165, 1.54) is 16.7 Å². The van der Waals surface area contributed by atoms with E-state index in [1.54, 1.807) is 7.05 Å². The minimum Gasteiger partial charge on any atom is -0.304 e. The monoisotopic (exact) mass is 1100 g/mol. The lowest BCUT2D eigenvalue weighted by Gasteiger charge is -2.18. The molecule has 1 atom stereocenters. The van der Waals surface area contributed by atoms with Crippen LogP contribution in [-0.2, 0) is 13.0 Å². The highest BCUT2D eigenvalue weighted by molar-refractivity contribution is 6.13. The first-order valence-electron chi connectivity index (χ1n) is 29.2. The second kappa shape index (κ2) is 29.0. The van der Waals surface area contributed by atoms with Gasteiger partial charge in [0.05, 0.1) is 29.3 Å². The number of benzene rings is 10. The lowest BCUT2D eigenvalue weighted by atomic mass is 9.88. The van der Waals surface area contributed by atoms with E-state index >= 15 is 0 Å². The molecule has 4 heteroatoms. The number of rotatable bonds is 15. The predicted molar refractivity (Wildman–Crippen MR) is 364 cm³/mol. The highest BCUT2D eigenvalue weighted by Crippen LogP contribution is 2.37. The lowest BCUT2D eigenvalue weighted by Crippen LogP contribution is -2.04. The summed E-state index contributed by atoms with van der Waals surface area (Å²) in [6, 6.07) is 99.1. The van der Waals surface area contributed by atoms with Crippen molar-refractivity contribution in [2.75, 3.05) is 7.05 Å². The van der Waals surface area contributed by atoms with Crippen LogP contribution >= 0.6 is 0 Å². The predicted octanol–water partition coefficient (Wildman–Crippen LogP) is 20.9. The van der Waals surface area contributed by atoms with Gasteiger partial charge in [0.25, 0.3) is 0 Å². The summed E-state index contributed by atoms with van der Waals surface area (Å²) in [5.74, 6) is 0.334. The number of aromatic nitrogens is 1. The van der Waals surface area contributed by atoms with E-state index in [0.29, 0.717) is 12.5 Å². The van der Waals surface area contributed by atoms with Crippen LogP contribution in [0.3, 0.4) is 0 Å². The molecular weight excluding hydrogens is 1030 g/mol. The summed E-state index contributed by atoms with van der Waals surface area (Å²) in [5.41, 5.74) is 24.4. The first kappa shape index (κ1) is 57.8. The molecule has 0 bridgehead atoms. The van der Waals surface area contributed by atoms with Gasteiger partial charge in [-0.1, -0.05) is 281 Å². The molecule has 1 heterocycles. The Morgan fingerprint density at radius 1 is 0.388 bits per heavy atom.